The Morgan fingerprint density at radius 3 is 2.75 bits per heavy atom. The maximum absolute atomic E-state index is 12.6. The molecule has 5 nitrogen and oxygen atoms in total. The van der Waals surface area contributed by atoms with Gasteiger partial charge in [-0.3, -0.25) is 9.69 Å². The van der Waals surface area contributed by atoms with E-state index >= 15 is 0 Å². The highest BCUT2D eigenvalue weighted by Gasteiger charge is 2.23. The number of aromatic nitrogens is 1. The Labute approximate surface area is 144 Å². The molecule has 1 fully saturated rings. The van der Waals surface area contributed by atoms with E-state index in [-0.39, 0.29) is 5.91 Å². The molecule has 4 rings (SSSR count). The third-order valence-electron chi connectivity index (χ3n) is 4.46. The maximum atomic E-state index is 12.6. The summed E-state index contributed by atoms with van der Waals surface area (Å²) in [6.07, 6.45) is 0.307. The number of para-hydroxylation sites is 1. The van der Waals surface area contributed by atoms with E-state index in [0.29, 0.717) is 6.42 Å². The molecule has 0 bridgehead atoms. The van der Waals surface area contributed by atoms with E-state index in [0.717, 1.165) is 49.4 Å². The number of hydrogen-bond donors (Lipinski definition) is 0. The third kappa shape index (κ3) is 3.20. The van der Waals surface area contributed by atoms with Crippen molar-refractivity contribution in [3.63, 3.8) is 0 Å². The first kappa shape index (κ1) is 15.4. The van der Waals surface area contributed by atoms with Crippen LogP contribution in [0.25, 0.3) is 11.0 Å². The van der Waals surface area contributed by atoms with Crippen molar-refractivity contribution in [2.75, 3.05) is 26.2 Å². The average Bonchev–Trinajstić information content (AvgIpc) is 3.26. The molecule has 24 heavy (non-hydrogen) atoms. The summed E-state index contributed by atoms with van der Waals surface area (Å²) in [5.74, 6) is 0.129. The van der Waals surface area contributed by atoms with E-state index in [1.807, 2.05) is 29.2 Å². The first-order chi connectivity index (χ1) is 11.8. The summed E-state index contributed by atoms with van der Waals surface area (Å²) in [4.78, 5) is 18.3. The first-order valence-electron chi connectivity index (χ1n) is 8.15. The molecule has 0 saturated carbocycles. The number of hydrogen-bond acceptors (Lipinski definition) is 5. The standard InChI is InChI=1S/C18H19N3O2S/c22-18(12-16-15-5-1-2-6-17(15)23-19-16)21-9-7-20(8-10-21)13-14-4-3-11-24-14/h1-6,11H,7-10,12-13H2. The Morgan fingerprint density at radius 1 is 1.12 bits per heavy atom. The summed E-state index contributed by atoms with van der Waals surface area (Å²) in [7, 11) is 0. The monoisotopic (exact) mass is 341 g/mol. The van der Waals surface area contributed by atoms with Crippen LogP contribution >= 0.6 is 11.3 Å². The topological polar surface area (TPSA) is 49.6 Å². The molecule has 3 aromatic rings. The highest BCUT2D eigenvalue weighted by molar-refractivity contribution is 7.09. The van der Waals surface area contributed by atoms with E-state index in [4.69, 9.17) is 4.52 Å². The molecular weight excluding hydrogens is 322 g/mol. The molecule has 124 valence electrons. The van der Waals surface area contributed by atoms with Crippen molar-refractivity contribution in [3.8, 4) is 0 Å². The van der Waals surface area contributed by atoms with E-state index in [9.17, 15) is 4.79 Å². The molecule has 0 N–H and O–H groups in total. The van der Waals surface area contributed by atoms with Crippen LogP contribution in [0.5, 0.6) is 0 Å². The molecule has 0 aliphatic carbocycles. The second-order valence-corrected chi connectivity index (χ2v) is 7.07. The van der Waals surface area contributed by atoms with Gasteiger partial charge in [-0.05, 0) is 23.6 Å². The van der Waals surface area contributed by atoms with Gasteiger partial charge in [0.05, 0.1) is 6.42 Å². The van der Waals surface area contributed by atoms with E-state index in [2.05, 4.69) is 27.6 Å². The minimum Gasteiger partial charge on any atom is -0.356 e. The van der Waals surface area contributed by atoms with Gasteiger partial charge in [0.1, 0.15) is 5.69 Å². The molecule has 0 spiro atoms. The van der Waals surface area contributed by atoms with Crippen LogP contribution in [0.2, 0.25) is 0 Å². The molecule has 0 atom stereocenters. The lowest BCUT2D eigenvalue weighted by molar-refractivity contribution is -0.132. The summed E-state index contributed by atoms with van der Waals surface area (Å²) in [6, 6.07) is 11.9. The van der Waals surface area contributed by atoms with Crippen molar-refractivity contribution >= 4 is 28.2 Å². The fourth-order valence-electron chi connectivity index (χ4n) is 3.10. The smallest absolute Gasteiger partial charge is 0.228 e. The van der Waals surface area contributed by atoms with E-state index in [1.54, 1.807) is 11.3 Å². The molecule has 1 aliphatic rings. The van der Waals surface area contributed by atoms with Gasteiger partial charge in [-0.25, -0.2) is 0 Å². The largest absolute Gasteiger partial charge is 0.356 e. The number of carbonyl (C=O) groups is 1. The van der Waals surface area contributed by atoms with Gasteiger partial charge in [0.25, 0.3) is 0 Å². The molecule has 0 unspecified atom stereocenters. The number of thiophene rings is 1. The fraction of sp³-hybridized carbons (Fsp3) is 0.333. The quantitative estimate of drug-likeness (QED) is 0.732. The lowest BCUT2D eigenvalue weighted by Gasteiger charge is -2.34. The summed E-state index contributed by atoms with van der Waals surface area (Å²) in [5.41, 5.74) is 1.47. The molecule has 2 aromatic heterocycles. The number of piperazine rings is 1. The molecule has 1 amide bonds. The lowest BCUT2D eigenvalue weighted by atomic mass is 10.1. The third-order valence-corrected chi connectivity index (χ3v) is 5.32. The summed E-state index contributed by atoms with van der Waals surface area (Å²) >= 11 is 1.79. The number of amides is 1. The van der Waals surface area contributed by atoms with Gasteiger partial charge in [0, 0.05) is 43.0 Å². The highest BCUT2D eigenvalue weighted by atomic mass is 32.1. The Balaban J connectivity index is 1.34. The van der Waals surface area contributed by atoms with Gasteiger partial charge in [-0.1, -0.05) is 23.4 Å². The summed E-state index contributed by atoms with van der Waals surface area (Å²) < 4.78 is 5.29. The van der Waals surface area contributed by atoms with Crippen molar-refractivity contribution < 1.29 is 9.32 Å². The van der Waals surface area contributed by atoms with E-state index < -0.39 is 0 Å². The van der Waals surface area contributed by atoms with Crippen molar-refractivity contribution in [1.29, 1.82) is 0 Å². The summed E-state index contributed by atoms with van der Waals surface area (Å²) in [6.45, 7) is 4.38. The molecule has 1 saturated heterocycles. The molecule has 1 aromatic carbocycles. The average molecular weight is 341 g/mol. The predicted molar refractivity (Wildman–Crippen MR) is 93.9 cm³/mol. The molecule has 1 aliphatic heterocycles. The normalized spacial score (nSPS) is 15.9. The highest BCUT2D eigenvalue weighted by Crippen LogP contribution is 2.19. The van der Waals surface area contributed by atoms with Crippen LogP contribution in [-0.2, 0) is 17.8 Å². The second kappa shape index (κ2) is 6.75. The number of carbonyl (C=O) groups excluding carboxylic acids is 1. The van der Waals surface area contributed by atoms with Crippen molar-refractivity contribution in [1.82, 2.24) is 15.0 Å². The number of benzene rings is 1. The van der Waals surface area contributed by atoms with Crippen LogP contribution in [0, 0.1) is 0 Å². The minimum absolute atomic E-state index is 0.129. The van der Waals surface area contributed by atoms with Gasteiger partial charge < -0.3 is 9.42 Å². The zero-order chi connectivity index (χ0) is 16.4. The van der Waals surface area contributed by atoms with Crippen LogP contribution < -0.4 is 0 Å². The Bertz CT molecular complexity index is 820. The van der Waals surface area contributed by atoms with Crippen LogP contribution in [0.15, 0.2) is 46.3 Å². The van der Waals surface area contributed by atoms with Crippen LogP contribution in [0.4, 0.5) is 0 Å². The van der Waals surface area contributed by atoms with Crippen molar-refractivity contribution in [2.45, 2.75) is 13.0 Å². The predicted octanol–water partition coefficient (Wildman–Crippen LogP) is 2.78. The molecule has 0 radical (unpaired) electrons. The van der Waals surface area contributed by atoms with Crippen LogP contribution in [0.3, 0.4) is 0 Å². The van der Waals surface area contributed by atoms with Gasteiger partial charge in [0.2, 0.25) is 5.91 Å². The minimum atomic E-state index is 0.129. The maximum Gasteiger partial charge on any atom is 0.228 e. The van der Waals surface area contributed by atoms with Gasteiger partial charge in [-0.15, -0.1) is 11.3 Å². The SMILES string of the molecule is O=C(Cc1noc2ccccc12)N1CCN(Cc2cccs2)CC1. The van der Waals surface area contributed by atoms with E-state index in [1.165, 1.54) is 4.88 Å². The number of fused-ring (bicyclic) bond motifs is 1. The number of nitrogens with zero attached hydrogens (tertiary/aromatic N) is 3. The van der Waals surface area contributed by atoms with Crippen molar-refractivity contribution in [2.24, 2.45) is 0 Å². The van der Waals surface area contributed by atoms with Gasteiger partial charge >= 0.3 is 0 Å². The Kier molecular flexibility index (Phi) is 4.32. The van der Waals surface area contributed by atoms with Crippen LogP contribution in [0.1, 0.15) is 10.6 Å². The van der Waals surface area contributed by atoms with Crippen molar-refractivity contribution in [3.05, 3.63) is 52.3 Å². The van der Waals surface area contributed by atoms with Gasteiger partial charge in [0.15, 0.2) is 5.58 Å². The first-order valence-corrected chi connectivity index (χ1v) is 9.03. The Hall–Kier alpha value is -2.18. The summed E-state index contributed by atoms with van der Waals surface area (Å²) in [5, 5.41) is 7.10. The zero-order valence-corrected chi connectivity index (χ0v) is 14.2. The zero-order valence-electron chi connectivity index (χ0n) is 13.4. The number of rotatable bonds is 4. The second-order valence-electron chi connectivity index (χ2n) is 6.04. The molecule has 6 heteroatoms. The molecule has 3 heterocycles. The lowest BCUT2D eigenvalue weighted by Crippen LogP contribution is -2.48. The van der Waals surface area contributed by atoms with Gasteiger partial charge in [-0.2, -0.15) is 0 Å². The van der Waals surface area contributed by atoms with Crippen LogP contribution in [-0.4, -0.2) is 47.0 Å². The Morgan fingerprint density at radius 2 is 1.96 bits per heavy atom. The molecular formula is C18H19N3O2S. The fourth-order valence-corrected chi connectivity index (χ4v) is 3.85.